The molecule has 0 saturated heterocycles. The van der Waals surface area contributed by atoms with Crippen molar-refractivity contribution in [3.05, 3.63) is 11.6 Å². The first kappa shape index (κ1) is 13.3. The van der Waals surface area contributed by atoms with Crippen molar-refractivity contribution in [2.24, 2.45) is 0 Å². The van der Waals surface area contributed by atoms with E-state index < -0.39 is 12.3 Å². The Hall–Kier alpha value is -0.653. The van der Waals surface area contributed by atoms with Crippen LogP contribution >= 0.6 is 0 Å². The van der Waals surface area contributed by atoms with E-state index in [0.717, 1.165) is 22.7 Å². The second kappa shape index (κ2) is 7.72. The zero-order chi connectivity index (χ0) is 11.0. The molecule has 0 aromatic heterocycles. The smallest absolute Gasteiger partial charge is 0.331 e. The van der Waals surface area contributed by atoms with Crippen molar-refractivity contribution in [2.75, 3.05) is 14.2 Å². The molecule has 0 aromatic carbocycles. The van der Waals surface area contributed by atoms with Crippen LogP contribution in [-0.4, -0.2) is 41.8 Å². The van der Waals surface area contributed by atoms with Crippen LogP contribution in [0.2, 0.25) is 6.04 Å². The SMILES string of the molecule is COC(C=C(CCC[SiH3])C(=O)O)OC. The summed E-state index contributed by atoms with van der Waals surface area (Å²) in [4.78, 5) is 10.8. The van der Waals surface area contributed by atoms with Gasteiger partial charge in [-0.2, -0.15) is 0 Å². The van der Waals surface area contributed by atoms with Crippen molar-refractivity contribution in [3.8, 4) is 0 Å². The molecule has 0 rings (SSSR count). The minimum Gasteiger partial charge on any atom is -0.478 e. The van der Waals surface area contributed by atoms with Crippen LogP contribution in [0.4, 0.5) is 0 Å². The van der Waals surface area contributed by atoms with E-state index >= 15 is 0 Å². The molecular formula is C9H18O4Si. The third kappa shape index (κ3) is 5.16. The topological polar surface area (TPSA) is 55.8 Å². The van der Waals surface area contributed by atoms with Crippen LogP contribution in [0.1, 0.15) is 12.8 Å². The highest BCUT2D eigenvalue weighted by Gasteiger charge is 2.10. The van der Waals surface area contributed by atoms with Crippen LogP contribution in [0.15, 0.2) is 11.6 Å². The molecule has 0 aliphatic rings. The molecule has 0 bridgehead atoms. The van der Waals surface area contributed by atoms with Crippen LogP contribution < -0.4 is 0 Å². The lowest BCUT2D eigenvalue weighted by molar-refractivity contribution is -0.133. The van der Waals surface area contributed by atoms with Crippen LogP contribution in [0.5, 0.6) is 0 Å². The molecule has 4 nitrogen and oxygen atoms in total. The predicted octanol–water partition coefficient (Wildman–Crippen LogP) is 0.180. The monoisotopic (exact) mass is 218 g/mol. The van der Waals surface area contributed by atoms with Gasteiger partial charge in [0.1, 0.15) is 0 Å². The van der Waals surface area contributed by atoms with E-state index in [0.29, 0.717) is 12.0 Å². The molecule has 0 amide bonds. The summed E-state index contributed by atoms with van der Waals surface area (Å²) in [5, 5.41) is 8.87. The van der Waals surface area contributed by atoms with Crippen molar-refractivity contribution in [1.29, 1.82) is 0 Å². The third-order valence-corrected chi connectivity index (χ3v) is 2.58. The molecule has 0 fully saturated rings. The van der Waals surface area contributed by atoms with Crippen molar-refractivity contribution in [3.63, 3.8) is 0 Å². The van der Waals surface area contributed by atoms with E-state index in [4.69, 9.17) is 14.6 Å². The molecule has 1 N–H and O–H groups in total. The number of methoxy groups -OCH3 is 2. The highest BCUT2D eigenvalue weighted by atomic mass is 28.1. The quantitative estimate of drug-likeness (QED) is 0.376. The summed E-state index contributed by atoms with van der Waals surface area (Å²) < 4.78 is 9.81. The van der Waals surface area contributed by atoms with Gasteiger partial charge in [0.2, 0.25) is 0 Å². The van der Waals surface area contributed by atoms with Gasteiger partial charge in [-0.25, -0.2) is 4.79 Å². The zero-order valence-corrected chi connectivity index (χ0v) is 10.9. The fourth-order valence-electron chi connectivity index (χ4n) is 1.03. The minimum absolute atomic E-state index is 0.370. The van der Waals surface area contributed by atoms with Crippen molar-refractivity contribution < 1.29 is 19.4 Å². The summed E-state index contributed by atoms with van der Waals surface area (Å²) >= 11 is 0. The molecule has 0 aromatic rings. The van der Waals surface area contributed by atoms with Gasteiger partial charge in [0.05, 0.1) is 0 Å². The van der Waals surface area contributed by atoms with Gasteiger partial charge < -0.3 is 14.6 Å². The van der Waals surface area contributed by atoms with Crippen LogP contribution in [-0.2, 0) is 14.3 Å². The lowest BCUT2D eigenvalue weighted by Crippen LogP contribution is -2.13. The number of hydrogen-bond donors (Lipinski definition) is 1. The number of carboxylic acid groups (broad SMARTS) is 1. The lowest BCUT2D eigenvalue weighted by atomic mass is 10.1. The van der Waals surface area contributed by atoms with E-state index in [1.54, 1.807) is 0 Å². The van der Waals surface area contributed by atoms with Crippen molar-refractivity contribution in [2.45, 2.75) is 25.2 Å². The summed E-state index contributed by atoms with van der Waals surface area (Å²) in [6.45, 7) is 0. The Labute approximate surface area is 87.3 Å². The first-order valence-electron chi connectivity index (χ1n) is 4.65. The van der Waals surface area contributed by atoms with E-state index in [2.05, 4.69) is 0 Å². The van der Waals surface area contributed by atoms with Gasteiger partial charge in [0.25, 0.3) is 0 Å². The predicted molar refractivity (Wildman–Crippen MR) is 57.5 cm³/mol. The number of aliphatic carboxylic acids is 1. The Kier molecular flexibility index (Phi) is 7.36. The second-order valence-electron chi connectivity index (χ2n) is 2.94. The molecule has 0 saturated carbocycles. The van der Waals surface area contributed by atoms with Gasteiger partial charge >= 0.3 is 5.97 Å². The number of rotatable bonds is 7. The van der Waals surface area contributed by atoms with Gasteiger partial charge in [-0.1, -0.05) is 12.5 Å². The fraction of sp³-hybridized carbons (Fsp3) is 0.667. The minimum atomic E-state index is -0.890. The van der Waals surface area contributed by atoms with Gasteiger partial charge in [0.15, 0.2) is 6.29 Å². The molecule has 0 radical (unpaired) electrons. The summed E-state index contributed by atoms with van der Waals surface area (Å²) in [5.41, 5.74) is 0.370. The molecular weight excluding hydrogens is 200 g/mol. The summed E-state index contributed by atoms with van der Waals surface area (Å²) in [7, 11) is 4.07. The van der Waals surface area contributed by atoms with Gasteiger partial charge in [-0.15, -0.1) is 0 Å². The molecule has 82 valence electrons. The maximum Gasteiger partial charge on any atom is 0.331 e. The average Bonchev–Trinajstić information content (AvgIpc) is 2.18. The molecule has 0 aliphatic carbocycles. The Morgan fingerprint density at radius 2 is 2.07 bits per heavy atom. The Morgan fingerprint density at radius 1 is 1.50 bits per heavy atom. The maximum absolute atomic E-state index is 10.8. The standard InChI is InChI=1S/C9H18O4Si/c1-12-8(13-2)6-7(9(10)11)4-3-5-14/h6,8H,3-5H2,1-2,14H3,(H,10,11). The zero-order valence-electron chi connectivity index (χ0n) is 8.95. The van der Waals surface area contributed by atoms with Gasteiger partial charge in [-0.05, 0) is 12.5 Å². The first-order valence-corrected chi connectivity index (χ1v) is 6.06. The summed E-state index contributed by atoms with van der Waals surface area (Å²) in [6.07, 6.45) is 2.46. The van der Waals surface area contributed by atoms with Crippen LogP contribution in [0.3, 0.4) is 0 Å². The van der Waals surface area contributed by atoms with E-state index in [9.17, 15) is 4.79 Å². The normalized spacial score (nSPS) is 12.4. The summed E-state index contributed by atoms with van der Waals surface area (Å²) in [5.74, 6) is -0.890. The average molecular weight is 218 g/mol. The maximum atomic E-state index is 10.8. The van der Waals surface area contributed by atoms with Gasteiger partial charge in [0, 0.05) is 30.0 Å². The highest BCUT2D eigenvalue weighted by Crippen LogP contribution is 2.09. The van der Waals surface area contributed by atoms with E-state index in [1.165, 1.54) is 20.3 Å². The number of ether oxygens (including phenoxy) is 2. The third-order valence-electron chi connectivity index (χ3n) is 1.88. The van der Waals surface area contributed by atoms with Gasteiger partial charge in [-0.3, -0.25) is 0 Å². The lowest BCUT2D eigenvalue weighted by Gasteiger charge is -2.10. The Bertz CT molecular complexity index is 199. The number of carboxylic acids is 1. The molecule has 0 atom stereocenters. The number of carbonyl (C=O) groups is 1. The van der Waals surface area contributed by atoms with E-state index in [1.807, 2.05) is 0 Å². The molecule has 0 aliphatic heterocycles. The molecule has 0 unspecified atom stereocenters. The van der Waals surface area contributed by atoms with Crippen LogP contribution in [0.25, 0.3) is 0 Å². The molecule has 0 spiro atoms. The Balaban J connectivity index is 4.37. The summed E-state index contributed by atoms with van der Waals surface area (Å²) in [6, 6.07) is 1.11. The second-order valence-corrected chi connectivity index (χ2v) is 3.94. The van der Waals surface area contributed by atoms with Crippen LogP contribution in [0, 0.1) is 0 Å². The molecule has 14 heavy (non-hydrogen) atoms. The Morgan fingerprint density at radius 3 is 2.43 bits per heavy atom. The fourth-order valence-corrected chi connectivity index (χ4v) is 1.38. The van der Waals surface area contributed by atoms with Crippen molar-refractivity contribution >= 4 is 16.2 Å². The number of hydrogen-bond acceptors (Lipinski definition) is 3. The highest BCUT2D eigenvalue weighted by molar-refractivity contribution is 6.08. The first-order chi connectivity index (χ1) is 6.65. The van der Waals surface area contributed by atoms with E-state index in [-0.39, 0.29) is 0 Å². The molecule has 0 heterocycles. The molecule has 5 heteroatoms. The largest absolute Gasteiger partial charge is 0.478 e. The van der Waals surface area contributed by atoms with Crippen molar-refractivity contribution in [1.82, 2.24) is 0 Å².